The Labute approximate surface area is 161 Å². The molecule has 0 fully saturated rings. The molecule has 0 radical (unpaired) electrons. The minimum absolute atomic E-state index is 0.201. The van der Waals surface area contributed by atoms with Gasteiger partial charge in [-0.25, -0.2) is 9.97 Å². The Bertz CT molecular complexity index is 1120. The highest BCUT2D eigenvalue weighted by Crippen LogP contribution is 2.24. The quantitative estimate of drug-likeness (QED) is 0.551. The highest BCUT2D eigenvalue weighted by molar-refractivity contribution is 6.03. The molecule has 0 atom stereocenters. The van der Waals surface area contributed by atoms with Crippen molar-refractivity contribution < 1.29 is 9.53 Å². The topological polar surface area (TPSA) is 89.0 Å². The SMILES string of the molecule is COc1ccccc1NC(=O)c1cnc(Nc2cccc3cccnc23)cn1. The maximum Gasteiger partial charge on any atom is 0.275 e. The molecule has 0 saturated heterocycles. The van der Waals surface area contributed by atoms with Crippen LogP contribution in [0.3, 0.4) is 0 Å². The van der Waals surface area contributed by atoms with Crippen molar-refractivity contribution in [3.8, 4) is 5.75 Å². The van der Waals surface area contributed by atoms with Crippen LogP contribution in [0.1, 0.15) is 10.5 Å². The molecule has 7 heteroatoms. The van der Waals surface area contributed by atoms with Crippen molar-refractivity contribution in [1.82, 2.24) is 15.0 Å². The Hall–Kier alpha value is -4.00. The predicted molar refractivity (Wildman–Crippen MR) is 108 cm³/mol. The zero-order valence-corrected chi connectivity index (χ0v) is 15.1. The maximum absolute atomic E-state index is 12.4. The van der Waals surface area contributed by atoms with Gasteiger partial charge >= 0.3 is 0 Å². The van der Waals surface area contributed by atoms with Crippen LogP contribution in [-0.2, 0) is 0 Å². The van der Waals surface area contributed by atoms with Gasteiger partial charge in [0.25, 0.3) is 5.91 Å². The van der Waals surface area contributed by atoms with Gasteiger partial charge in [-0.15, -0.1) is 0 Å². The normalized spacial score (nSPS) is 10.5. The Morgan fingerprint density at radius 3 is 2.54 bits per heavy atom. The molecule has 0 spiro atoms. The molecule has 0 saturated carbocycles. The lowest BCUT2D eigenvalue weighted by atomic mass is 10.2. The van der Waals surface area contributed by atoms with E-state index in [2.05, 4.69) is 25.6 Å². The van der Waals surface area contributed by atoms with Gasteiger partial charge in [-0.1, -0.05) is 30.3 Å². The first-order valence-electron chi connectivity index (χ1n) is 8.62. The number of aromatic nitrogens is 3. The molecule has 7 nitrogen and oxygen atoms in total. The highest BCUT2D eigenvalue weighted by Gasteiger charge is 2.11. The zero-order chi connectivity index (χ0) is 19.3. The molecule has 2 N–H and O–H groups in total. The third-order valence-electron chi connectivity index (χ3n) is 4.14. The Morgan fingerprint density at radius 1 is 0.893 bits per heavy atom. The maximum atomic E-state index is 12.4. The van der Waals surface area contributed by atoms with Gasteiger partial charge in [-0.2, -0.15) is 0 Å². The molecule has 0 aliphatic heterocycles. The number of hydrogen-bond donors (Lipinski definition) is 2. The molecule has 2 aromatic heterocycles. The second-order valence-electron chi connectivity index (χ2n) is 5.95. The van der Waals surface area contributed by atoms with Gasteiger partial charge < -0.3 is 15.4 Å². The van der Waals surface area contributed by atoms with Crippen molar-refractivity contribution in [2.75, 3.05) is 17.7 Å². The van der Waals surface area contributed by atoms with Gasteiger partial charge in [0.2, 0.25) is 0 Å². The summed E-state index contributed by atoms with van der Waals surface area (Å²) in [5.41, 5.74) is 2.43. The molecule has 0 unspecified atom stereocenters. The third kappa shape index (κ3) is 3.59. The standard InChI is InChI=1S/C21H17N5O2/c1-28-18-10-3-2-8-15(18)26-21(27)17-12-24-19(13-23-17)25-16-9-4-6-14-7-5-11-22-20(14)16/h2-13H,1H3,(H,24,25)(H,26,27). The van der Waals surface area contributed by atoms with Crippen molar-refractivity contribution in [2.24, 2.45) is 0 Å². The number of hydrogen-bond acceptors (Lipinski definition) is 6. The van der Waals surface area contributed by atoms with Crippen molar-refractivity contribution in [1.29, 1.82) is 0 Å². The van der Waals surface area contributed by atoms with Crippen LogP contribution in [0.4, 0.5) is 17.2 Å². The van der Waals surface area contributed by atoms with Crippen molar-refractivity contribution in [3.63, 3.8) is 0 Å². The molecular weight excluding hydrogens is 354 g/mol. The number of pyridine rings is 1. The molecular formula is C21H17N5O2. The van der Waals surface area contributed by atoms with Crippen LogP contribution in [0.15, 0.2) is 73.2 Å². The molecule has 2 heterocycles. The fourth-order valence-corrected chi connectivity index (χ4v) is 2.79. The first kappa shape index (κ1) is 17.4. The van der Waals surface area contributed by atoms with E-state index in [1.54, 1.807) is 25.4 Å². The summed E-state index contributed by atoms with van der Waals surface area (Å²) in [6.07, 6.45) is 4.68. The minimum atomic E-state index is -0.365. The van der Waals surface area contributed by atoms with E-state index in [9.17, 15) is 4.79 Å². The van der Waals surface area contributed by atoms with Crippen molar-refractivity contribution in [2.45, 2.75) is 0 Å². The van der Waals surface area contributed by atoms with Gasteiger partial charge in [-0.05, 0) is 24.3 Å². The summed E-state index contributed by atoms with van der Waals surface area (Å²) in [5, 5.41) is 6.99. The first-order valence-corrected chi connectivity index (χ1v) is 8.62. The number of carbonyl (C=O) groups excluding carboxylic acids is 1. The van der Waals surface area contributed by atoms with Crippen LogP contribution in [0.25, 0.3) is 10.9 Å². The third-order valence-corrected chi connectivity index (χ3v) is 4.14. The molecule has 0 aliphatic rings. The van der Waals surface area contributed by atoms with Crippen LogP contribution in [0.5, 0.6) is 5.75 Å². The summed E-state index contributed by atoms with van der Waals surface area (Å²) in [7, 11) is 1.55. The van der Waals surface area contributed by atoms with Crippen molar-refractivity contribution >= 4 is 34.0 Å². The summed E-state index contributed by atoms with van der Waals surface area (Å²) in [5.74, 6) is 0.730. The fraction of sp³-hybridized carbons (Fsp3) is 0.0476. The van der Waals surface area contributed by atoms with Crippen LogP contribution < -0.4 is 15.4 Å². The van der Waals surface area contributed by atoms with Gasteiger partial charge in [-0.3, -0.25) is 9.78 Å². The number of amides is 1. The molecule has 2 aromatic carbocycles. The van der Waals surface area contributed by atoms with Gasteiger partial charge in [0.1, 0.15) is 17.3 Å². The molecule has 1 amide bonds. The van der Waals surface area contributed by atoms with Gasteiger partial charge in [0, 0.05) is 11.6 Å². The number of anilines is 3. The Kier molecular flexibility index (Phi) is 4.79. The van der Waals surface area contributed by atoms with E-state index < -0.39 is 0 Å². The lowest BCUT2D eigenvalue weighted by Gasteiger charge is -2.10. The van der Waals surface area contributed by atoms with Crippen LogP contribution in [0.2, 0.25) is 0 Å². The zero-order valence-electron chi connectivity index (χ0n) is 15.1. The summed E-state index contributed by atoms with van der Waals surface area (Å²) >= 11 is 0. The van der Waals surface area contributed by atoms with E-state index in [4.69, 9.17) is 4.74 Å². The predicted octanol–water partition coefficient (Wildman–Crippen LogP) is 4.03. The highest BCUT2D eigenvalue weighted by atomic mass is 16.5. The van der Waals surface area contributed by atoms with Crippen LogP contribution in [0, 0.1) is 0 Å². The summed E-state index contributed by atoms with van der Waals surface area (Å²) in [6.45, 7) is 0. The average molecular weight is 371 g/mol. The van der Waals surface area contributed by atoms with E-state index in [1.807, 2.05) is 42.5 Å². The lowest BCUT2D eigenvalue weighted by molar-refractivity contribution is 0.102. The summed E-state index contributed by atoms with van der Waals surface area (Å²) < 4.78 is 5.24. The Balaban J connectivity index is 1.51. The van der Waals surface area contributed by atoms with Crippen LogP contribution >= 0.6 is 0 Å². The second kappa shape index (κ2) is 7.71. The number of fused-ring (bicyclic) bond motifs is 1. The number of nitrogens with one attached hydrogen (secondary N) is 2. The average Bonchev–Trinajstić information content (AvgIpc) is 2.75. The summed E-state index contributed by atoms with van der Waals surface area (Å²) in [4.78, 5) is 25.3. The number of carbonyl (C=O) groups is 1. The smallest absolute Gasteiger partial charge is 0.275 e. The van der Waals surface area contributed by atoms with Crippen molar-refractivity contribution in [3.05, 3.63) is 78.9 Å². The number of para-hydroxylation sites is 3. The van der Waals surface area contributed by atoms with E-state index in [0.717, 1.165) is 16.6 Å². The van der Waals surface area contributed by atoms with E-state index in [-0.39, 0.29) is 11.6 Å². The monoisotopic (exact) mass is 371 g/mol. The first-order chi connectivity index (χ1) is 13.7. The van der Waals surface area contributed by atoms with E-state index >= 15 is 0 Å². The summed E-state index contributed by atoms with van der Waals surface area (Å²) in [6, 6.07) is 16.9. The molecule has 4 rings (SSSR count). The number of rotatable bonds is 5. The molecule has 138 valence electrons. The van der Waals surface area contributed by atoms with Gasteiger partial charge in [0.05, 0.1) is 36.4 Å². The Morgan fingerprint density at radius 2 is 1.71 bits per heavy atom. The lowest BCUT2D eigenvalue weighted by Crippen LogP contribution is -2.14. The number of benzene rings is 2. The number of methoxy groups -OCH3 is 1. The minimum Gasteiger partial charge on any atom is -0.495 e. The van der Waals surface area contributed by atoms with Gasteiger partial charge in [0.15, 0.2) is 0 Å². The van der Waals surface area contributed by atoms with E-state index in [1.165, 1.54) is 12.4 Å². The van der Waals surface area contributed by atoms with Crippen LogP contribution in [-0.4, -0.2) is 28.0 Å². The largest absolute Gasteiger partial charge is 0.495 e. The molecule has 4 aromatic rings. The number of nitrogens with zero attached hydrogens (tertiary/aromatic N) is 3. The van der Waals surface area contributed by atoms with E-state index in [0.29, 0.717) is 17.3 Å². The second-order valence-corrected chi connectivity index (χ2v) is 5.95. The fourth-order valence-electron chi connectivity index (χ4n) is 2.79. The molecule has 0 bridgehead atoms. The molecule has 0 aliphatic carbocycles. The number of ether oxygens (including phenoxy) is 1. The molecule has 28 heavy (non-hydrogen) atoms.